The van der Waals surface area contributed by atoms with E-state index in [0.717, 1.165) is 75.8 Å². The molecule has 1 unspecified atom stereocenters. The van der Waals surface area contributed by atoms with Gasteiger partial charge in [0.15, 0.2) is 11.5 Å². The highest BCUT2D eigenvalue weighted by Gasteiger charge is 2.28. The predicted molar refractivity (Wildman–Crippen MR) is 224 cm³/mol. The number of allylic oxidation sites excluding steroid dienone is 1. The maximum absolute atomic E-state index is 13.4. The lowest BCUT2D eigenvalue weighted by Crippen LogP contribution is -2.49. The Morgan fingerprint density at radius 3 is 2.31 bits per heavy atom. The average Bonchev–Trinajstić information content (AvgIpc) is 3.49. The highest BCUT2D eigenvalue weighted by Crippen LogP contribution is 2.28. The van der Waals surface area contributed by atoms with E-state index in [0.29, 0.717) is 47.3 Å². The molecule has 3 aliphatic rings. The number of amides is 2. The molecule has 16 heteroatoms. The van der Waals surface area contributed by atoms with E-state index in [4.69, 9.17) is 4.98 Å². The van der Waals surface area contributed by atoms with Gasteiger partial charge in [-0.2, -0.15) is 4.98 Å². The molecule has 3 fully saturated rings. The lowest BCUT2D eigenvalue weighted by molar-refractivity contribution is -0.133. The normalized spacial score (nSPS) is 18.4. The van der Waals surface area contributed by atoms with Crippen LogP contribution in [0.5, 0.6) is 0 Å². The van der Waals surface area contributed by atoms with Crippen LogP contribution < -0.4 is 31.3 Å². The van der Waals surface area contributed by atoms with Crippen molar-refractivity contribution in [1.82, 2.24) is 39.5 Å². The molecule has 3 aliphatic heterocycles. The third-order valence-corrected chi connectivity index (χ3v) is 11.2. The number of pyridine rings is 2. The molecular weight excluding hydrogens is 737 g/mol. The van der Waals surface area contributed by atoms with E-state index in [1.807, 2.05) is 24.3 Å². The number of nitrogens with zero attached hydrogens (tertiary/aromatic N) is 9. The number of aromatic nitrogens is 6. The lowest BCUT2D eigenvalue weighted by Gasteiger charge is -2.39. The number of carbonyl (C=O) groups is 2. The molecule has 16 nitrogen and oxygen atoms in total. The quantitative estimate of drug-likeness (QED) is 0.106. The molecule has 1 aromatic carbocycles. The number of piperidine rings is 2. The molecule has 0 radical (unpaired) electrons. The summed E-state index contributed by atoms with van der Waals surface area (Å²) in [6.45, 7) is 14.3. The van der Waals surface area contributed by atoms with Crippen molar-refractivity contribution in [2.24, 2.45) is 5.92 Å². The zero-order valence-electron chi connectivity index (χ0n) is 33.0. The van der Waals surface area contributed by atoms with Gasteiger partial charge in [-0.05, 0) is 87.6 Å². The van der Waals surface area contributed by atoms with Crippen LogP contribution in [0.1, 0.15) is 45.2 Å². The summed E-state index contributed by atoms with van der Waals surface area (Å²) in [5.74, 6) is 1.87. The molecule has 5 aromatic rings. The number of hydrogen-bond donors (Lipinski definition) is 4. The number of nitrogens with one attached hydrogen (secondary N) is 3. The molecule has 58 heavy (non-hydrogen) atoms. The maximum Gasteiger partial charge on any atom is 0.278 e. The topological polar surface area (TPSA) is 179 Å². The molecule has 3 saturated heterocycles. The molecule has 7 heterocycles. The van der Waals surface area contributed by atoms with Crippen LogP contribution >= 0.6 is 0 Å². The number of benzene rings is 1. The second-order valence-electron chi connectivity index (χ2n) is 15.8. The Labute approximate surface area is 336 Å². The Hall–Kier alpha value is -6.13. The molecule has 0 saturated carbocycles. The number of hydrogen-bond acceptors (Lipinski definition) is 13. The van der Waals surface area contributed by atoms with Crippen molar-refractivity contribution < 1.29 is 14.7 Å². The fourth-order valence-electron chi connectivity index (χ4n) is 7.96. The summed E-state index contributed by atoms with van der Waals surface area (Å²) in [6.07, 6.45) is 8.03. The van der Waals surface area contributed by atoms with Crippen molar-refractivity contribution in [2.75, 3.05) is 66.2 Å². The van der Waals surface area contributed by atoms with Crippen LogP contribution in [0.25, 0.3) is 16.9 Å². The highest BCUT2D eigenvalue weighted by molar-refractivity contribution is 6.01. The molecule has 4 N–H and O–H groups in total. The van der Waals surface area contributed by atoms with Crippen LogP contribution in [0.2, 0.25) is 0 Å². The van der Waals surface area contributed by atoms with Gasteiger partial charge in [0.25, 0.3) is 5.56 Å². The van der Waals surface area contributed by atoms with Crippen LogP contribution in [0, 0.1) is 5.92 Å². The first-order valence-corrected chi connectivity index (χ1v) is 20.0. The van der Waals surface area contributed by atoms with Crippen LogP contribution in [-0.2, 0) is 21.7 Å². The van der Waals surface area contributed by atoms with Crippen molar-refractivity contribution in [1.29, 1.82) is 0 Å². The molecule has 0 bridgehead atoms. The average molecular weight is 787 g/mol. The SMILES string of the molecule is C=CCn1c(=O)c2cnc(Nc3ccc(N4CCC(CN5CCN(c6ccc(NC7CCC(=O)NC7=O)cn6)CC5)CC4)cc3)nc2n1-c1cccc(C(C)(C)O)n1. The van der Waals surface area contributed by atoms with Crippen LogP contribution in [0.4, 0.5) is 28.8 Å². The summed E-state index contributed by atoms with van der Waals surface area (Å²) in [5.41, 5.74) is 2.22. The maximum atomic E-state index is 13.4. The van der Waals surface area contributed by atoms with Gasteiger partial charge in [-0.3, -0.25) is 24.6 Å². The van der Waals surface area contributed by atoms with Crippen LogP contribution in [0.3, 0.4) is 0 Å². The van der Waals surface area contributed by atoms with Gasteiger partial charge >= 0.3 is 0 Å². The molecule has 4 aromatic heterocycles. The van der Waals surface area contributed by atoms with E-state index >= 15 is 0 Å². The van der Waals surface area contributed by atoms with Crippen LogP contribution in [-0.4, -0.2) is 103 Å². The third-order valence-electron chi connectivity index (χ3n) is 11.2. The van der Waals surface area contributed by atoms with Crippen molar-refractivity contribution in [3.63, 3.8) is 0 Å². The molecule has 8 rings (SSSR count). The van der Waals surface area contributed by atoms with Crippen molar-refractivity contribution in [3.05, 3.63) is 95.7 Å². The summed E-state index contributed by atoms with van der Waals surface area (Å²) in [5, 5.41) is 19.8. The van der Waals surface area contributed by atoms with Crippen molar-refractivity contribution in [3.8, 4) is 5.82 Å². The minimum absolute atomic E-state index is 0.222. The Bertz CT molecular complexity index is 2340. The van der Waals surface area contributed by atoms with E-state index in [1.165, 1.54) is 16.6 Å². The Morgan fingerprint density at radius 2 is 1.62 bits per heavy atom. The number of rotatable bonds is 12. The van der Waals surface area contributed by atoms with Gasteiger partial charge in [0.1, 0.15) is 22.8 Å². The Balaban J connectivity index is 0.832. The fraction of sp³-hybridized carbons (Fsp3) is 0.405. The van der Waals surface area contributed by atoms with Crippen molar-refractivity contribution >= 4 is 51.7 Å². The highest BCUT2D eigenvalue weighted by atomic mass is 16.3. The summed E-state index contributed by atoms with van der Waals surface area (Å²) in [4.78, 5) is 62.8. The summed E-state index contributed by atoms with van der Waals surface area (Å²) >= 11 is 0. The summed E-state index contributed by atoms with van der Waals surface area (Å²) in [7, 11) is 0. The lowest BCUT2D eigenvalue weighted by atomic mass is 9.95. The number of fused-ring (bicyclic) bond motifs is 1. The number of anilines is 5. The smallest absolute Gasteiger partial charge is 0.278 e. The molecule has 0 aliphatic carbocycles. The monoisotopic (exact) mass is 786 g/mol. The second kappa shape index (κ2) is 16.4. The van der Waals surface area contributed by atoms with Gasteiger partial charge in [0.05, 0.1) is 24.1 Å². The van der Waals surface area contributed by atoms with E-state index in [9.17, 15) is 19.5 Å². The first-order chi connectivity index (χ1) is 28.0. The van der Waals surface area contributed by atoms with Crippen molar-refractivity contribution in [2.45, 2.75) is 57.7 Å². The Kier molecular flexibility index (Phi) is 10.9. The number of aliphatic hydroxyl groups is 1. The molecule has 1 atom stereocenters. The summed E-state index contributed by atoms with van der Waals surface area (Å²) < 4.78 is 3.16. The van der Waals surface area contributed by atoms with Gasteiger partial charge in [-0.1, -0.05) is 12.1 Å². The van der Waals surface area contributed by atoms with Gasteiger partial charge in [0, 0.05) is 69.8 Å². The first-order valence-electron chi connectivity index (χ1n) is 20.0. The first kappa shape index (κ1) is 38.7. The summed E-state index contributed by atoms with van der Waals surface area (Å²) in [6, 6.07) is 17.1. The fourth-order valence-corrected chi connectivity index (χ4v) is 7.96. The Morgan fingerprint density at radius 1 is 0.862 bits per heavy atom. The molecule has 302 valence electrons. The third kappa shape index (κ3) is 8.43. The number of carbonyl (C=O) groups excluding carboxylic acids is 2. The van der Waals surface area contributed by atoms with Gasteiger partial charge in [0.2, 0.25) is 17.8 Å². The van der Waals surface area contributed by atoms with E-state index < -0.39 is 11.6 Å². The van der Waals surface area contributed by atoms with E-state index in [-0.39, 0.29) is 23.9 Å². The zero-order chi connectivity index (χ0) is 40.4. The molecular formula is C42H50N12O4. The number of imide groups is 1. The predicted octanol–water partition coefficient (Wildman–Crippen LogP) is 3.78. The standard InChI is InChI=1S/C42H50N12O4/c1-4-18-53-40(57)32-26-44-41(49-38(32)54(53)36-7-5-6-34(47-36)42(2,3)58)46-29-8-11-31(12-9-29)51-19-16-28(17-20-51)27-50-21-23-52(24-22-50)35-14-10-30(25-43-35)45-33-13-15-37(55)48-39(33)56/h4-12,14,25-26,28,33,45,58H,1,13,15-24,27H2,2-3H3,(H,44,46,49)(H,48,55,56). The molecule has 0 spiro atoms. The van der Waals surface area contributed by atoms with Gasteiger partial charge in [-0.15, -0.1) is 6.58 Å². The minimum Gasteiger partial charge on any atom is -0.384 e. The minimum atomic E-state index is -1.17. The second-order valence-corrected chi connectivity index (χ2v) is 15.8. The number of piperazine rings is 1. The largest absolute Gasteiger partial charge is 0.384 e. The van der Waals surface area contributed by atoms with Gasteiger partial charge < -0.3 is 25.5 Å². The molecule has 2 amide bonds. The van der Waals surface area contributed by atoms with Crippen LogP contribution in [0.15, 0.2) is 84.4 Å². The zero-order valence-corrected chi connectivity index (χ0v) is 33.0. The van der Waals surface area contributed by atoms with E-state index in [1.54, 1.807) is 49.0 Å². The van der Waals surface area contributed by atoms with Gasteiger partial charge in [-0.25, -0.2) is 24.3 Å². The van der Waals surface area contributed by atoms with E-state index in [2.05, 4.69) is 64.3 Å².